The Labute approximate surface area is 105 Å². The molecule has 0 aliphatic carbocycles. The minimum atomic E-state index is -0.892. The molecule has 1 amide bonds. The summed E-state index contributed by atoms with van der Waals surface area (Å²) in [5.74, 6) is -0.195. The highest BCUT2D eigenvalue weighted by Gasteiger charge is 2.36. The first-order chi connectivity index (χ1) is 7.98. The van der Waals surface area contributed by atoms with Gasteiger partial charge in [0, 0.05) is 23.8 Å². The monoisotopic (exact) mass is 254 g/mol. The minimum Gasteiger partial charge on any atom is -0.387 e. The summed E-state index contributed by atoms with van der Waals surface area (Å²) in [4.78, 5) is 11.7. The number of amides is 1. The summed E-state index contributed by atoms with van der Waals surface area (Å²) in [6.07, 6.45) is 0.103. The second-order valence-corrected chi connectivity index (χ2v) is 4.95. The van der Waals surface area contributed by atoms with Gasteiger partial charge in [0.05, 0.1) is 12.0 Å². The van der Waals surface area contributed by atoms with Gasteiger partial charge in [-0.25, -0.2) is 0 Å². The largest absolute Gasteiger partial charge is 0.387 e. The van der Waals surface area contributed by atoms with Crippen molar-refractivity contribution >= 4 is 23.2 Å². The first kappa shape index (κ1) is 12.4. The first-order valence-corrected chi connectivity index (χ1v) is 5.85. The number of nitrogens with one attached hydrogen (secondary N) is 2. The van der Waals surface area contributed by atoms with Gasteiger partial charge in [-0.3, -0.25) is 4.79 Å². The molecule has 0 atom stereocenters. The Morgan fingerprint density at radius 3 is 2.88 bits per heavy atom. The smallest absolute Gasteiger partial charge is 0.227 e. The fourth-order valence-corrected chi connectivity index (χ4v) is 1.93. The van der Waals surface area contributed by atoms with E-state index in [0.29, 0.717) is 23.8 Å². The maximum Gasteiger partial charge on any atom is 0.227 e. The topological polar surface area (TPSA) is 61.4 Å². The SMILES string of the molecule is Cc1ccc(Cl)cc1NC(=O)CC1(O)CNC1. The van der Waals surface area contributed by atoms with Gasteiger partial charge in [-0.1, -0.05) is 17.7 Å². The Bertz CT molecular complexity index is 444. The fraction of sp³-hybridized carbons (Fsp3) is 0.417. The van der Waals surface area contributed by atoms with Gasteiger partial charge in [0.2, 0.25) is 5.91 Å². The van der Waals surface area contributed by atoms with E-state index >= 15 is 0 Å². The molecule has 0 bridgehead atoms. The Morgan fingerprint density at radius 1 is 1.59 bits per heavy atom. The van der Waals surface area contributed by atoms with Crippen LogP contribution in [0, 0.1) is 6.92 Å². The van der Waals surface area contributed by atoms with Gasteiger partial charge in [-0.05, 0) is 24.6 Å². The molecule has 5 heteroatoms. The highest BCUT2D eigenvalue weighted by Crippen LogP contribution is 2.22. The zero-order valence-corrected chi connectivity index (χ0v) is 10.3. The molecule has 1 aliphatic rings. The summed E-state index contributed by atoms with van der Waals surface area (Å²) in [5.41, 5.74) is 0.746. The molecule has 1 fully saturated rings. The van der Waals surface area contributed by atoms with E-state index in [1.54, 1.807) is 12.1 Å². The molecule has 3 N–H and O–H groups in total. The highest BCUT2D eigenvalue weighted by molar-refractivity contribution is 6.31. The van der Waals surface area contributed by atoms with Gasteiger partial charge in [0.1, 0.15) is 0 Å². The Morgan fingerprint density at radius 2 is 2.29 bits per heavy atom. The summed E-state index contributed by atoms with van der Waals surface area (Å²) in [6.45, 7) is 2.83. The molecule has 17 heavy (non-hydrogen) atoms. The van der Waals surface area contributed by atoms with Crippen LogP contribution in [0.4, 0.5) is 5.69 Å². The Balaban J connectivity index is 2.00. The maximum atomic E-state index is 11.7. The second kappa shape index (κ2) is 4.64. The standard InChI is InChI=1S/C12H15ClN2O2/c1-8-2-3-9(13)4-10(8)15-11(16)5-12(17)6-14-7-12/h2-4,14,17H,5-7H2,1H3,(H,15,16). The van der Waals surface area contributed by atoms with E-state index in [4.69, 9.17) is 11.6 Å². The molecule has 4 nitrogen and oxygen atoms in total. The number of halogens is 1. The number of rotatable bonds is 3. The third-order valence-corrected chi connectivity index (χ3v) is 3.11. The molecule has 0 saturated carbocycles. The van der Waals surface area contributed by atoms with Gasteiger partial charge < -0.3 is 15.7 Å². The Kier molecular flexibility index (Phi) is 3.38. The number of aryl methyl sites for hydroxylation is 1. The van der Waals surface area contributed by atoms with Gasteiger partial charge in [-0.15, -0.1) is 0 Å². The summed E-state index contributed by atoms with van der Waals surface area (Å²) < 4.78 is 0. The van der Waals surface area contributed by atoms with Gasteiger partial charge in [0.15, 0.2) is 0 Å². The van der Waals surface area contributed by atoms with E-state index in [0.717, 1.165) is 5.56 Å². The van der Waals surface area contributed by atoms with E-state index in [1.807, 2.05) is 13.0 Å². The van der Waals surface area contributed by atoms with E-state index in [-0.39, 0.29) is 12.3 Å². The van der Waals surface area contributed by atoms with Crippen LogP contribution in [0.5, 0.6) is 0 Å². The number of hydrogen-bond acceptors (Lipinski definition) is 3. The van der Waals surface area contributed by atoms with Gasteiger partial charge in [-0.2, -0.15) is 0 Å². The highest BCUT2D eigenvalue weighted by atomic mass is 35.5. The number of hydrogen-bond donors (Lipinski definition) is 3. The lowest BCUT2D eigenvalue weighted by molar-refractivity contribution is -0.123. The van der Waals surface area contributed by atoms with Crippen LogP contribution in [-0.4, -0.2) is 29.7 Å². The van der Waals surface area contributed by atoms with Crippen LogP contribution >= 0.6 is 11.6 Å². The molecule has 2 rings (SSSR count). The molecule has 92 valence electrons. The molecule has 1 aliphatic heterocycles. The van der Waals surface area contributed by atoms with Crippen molar-refractivity contribution < 1.29 is 9.90 Å². The van der Waals surface area contributed by atoms with Crippen molar-refractivity contribution in [3.63, 3.8) is 0 Å². The quantitative estimate of drug-likeness (QED) is 0.762. The van der Waals surface area contributed by atoms with E-state index in [9.17, 15) is 9.90 Å². The molecule has 1 aromatic rings. The normalized spacial score (nSPS) is 17.4. The molecule has 1 heterocycles. The average molecular weight is 255 g/mol. The number of carbonyl (C=O) groups excluding carboxylic acids is 1. The number of carbonyl (C=O) groups is 1. The van der Waals surface area contributed by atoms with Crippen LogP contribution in [-0.2, 0) is 4.79 Å². The van der Waals surface area contributed by atoms with Crippen LogP contribution in [0.15, 0.2) is 18.2 Å². The van der Waals surface area contributed by atoms with Gasteiger partial charge in [0.25, 0.3) is 0 Å². The predicted molar refractivity (Wildman–Crippen MR) is 67.3 cm³/mol. The predicted octanol–water partition coefficient (Wildman–Crippen LogP) is 1.31. The first-order valence-electron chi connectivity index (χ1n) is 5.48. The third kappa shape index (κ3) is 2.97. The zero-order valence-electron chi connectivity index (χ0n) is 9.59. The molecule has 0 aromatic heterocycles. The number of aliphatic hydroxyl groups is 1. The molecule has 0 spiro atoms. The summed E-state index contributed by atoms with van der Waals surface area (Å²) in [5, 5.41) is 16.1. The van der Waals surface area contributed by atoms with E-state index in [2.05, 4.69) is 10.6 Å². The van der Waals surface area contributed by atoms with Crippen LogP contribution in [0.25, 0.3) is 0 Å². The van der Waals surface area contributed by atoms with Crippen molar-refractivity contribution in [2.45, 2.75) is 18.9 Å². The summed E-state index contributed by atoms with van der Waals surface area (Å²) >= 11 is 5.86. The van der Waals surface area contributed by atoms with Crippen molar-refractivity contribution in [1.82, 2.24) is 5.32 Å². The molecular formula is C12H15ClN2O2. The van der Waals surface area contributed by atoms with Crippen molar-refractivity contribution in [2.24, 2.45) is 0 Å². The lowest BCUT2D eigenvalue weighted by atomic mass is 9.93. The summed E-state index contributed by atoms with van der Waals surface area (Å²) in [6, 6.07) is 5.32. The van der Waals surface area contributed by atoms with Crippen molar-refractivity contribution in [3.05, 3.63) is 28.8 Å². The molecule has 0 radical (unpaired) electrons. The van der Waals surface area contributed by atoms with E-state index in [1.165, 1.54) is 0 Å². The molecule has 0 unspecified atom stereocenters. The zero-order chi connectivity index (χ0) is 12.5. The van der Waals surface area contributed by atoms with Crippen LogP contribution < -0.4 is 10.6 Å². The number of benzene rings is 1. The van der Waals surface area contributed by atoms with Gasteiger partial charge >= 0.3 is 0 Å². The van der Waals surface area contributed by atoms with Crippen LogP contribution in [0.3, 0.4) is 0 Å². The van der Waals surface area contributed by atoms with Crippen molar-refractivity contribution in [2.75, 3.05) is 18.4 Å². The third-order valence-electron chi connectivity index (χ3n) is 2.87. The Hall–Kier alpha value is -1.10. The van der Waals surface area contributed by atoms with E-state index < -0.39 is 5.60 Å². The fourth-order valence-electron chi connectivity index (χ4n) is 1.76. The molecule has 1 saturated heterocycles. The lowest BCUT2D eigenvalue weighted by Gasteiger charge is -2.36. The number of anilines is 1. The molecule has 1 aromatic carbocycles. The lowest BCUT2D eigenvalue weighted by Crippen LogP contribution is -2.60. The maximum absolute atomic E-state index is 11.7. The second-order valence-electron chi connectivity index (χ2n) is 4.51. The summed E-state index contributed by atoms with van der Waals surface area (Å²) in [7, 11) is 0. The van der Waals surface area contributed by atoms with Crippen LogP contribution in [0.2, 0.25) is 5.02 Å². The van der Waals surface area contributed by atoms with Crippen molar-refractivity contribution in [3.8, 4) is 0 Å². The van der Waals surface area contributed by atoms with Crippen molar-refractivity contribution in [1.29, 1.82) is 0 Å². The molecular weight excluding hydrogens is 240 g/mol. The van der Waals surface area contributed by atoms with Crippen LogP contribution in [0.1, 0.15) is 12.0 Å². The number of β-amino-alcohol motifs (C(OH)–C–C–N with tert-alkyl or cyclic N) is 1. The minimum absolute atomic E-state index is 0.103. The average Bonchev–Trinajstić information content (AvgIpc) is 2.21.